The maximum atomic E-state index is 13.1. The number of amides is 1. The van der Waals surface area contributed by atoms with E-state index in [2.05, 4.69) is 34.6 Å². The van der Waals surface area contributed by atoms with Crippen molar-refractivity contribution in [2.24, 2.45) is 34.0 Å². The lowest BCUT2D eigenvalue weighted by Gasteiger charge is -2.43. The van der Waals surface area contributed by atoms with E-state index in [-0.39, 0.29) is 17.3 Å². The molecule has 1 heterocycles. The van der Waals surface area contributed by atoms with Gasteiger partial charge in [-0.3, -0.25) is 14.4 Å². The van der Waals surface area contributed by atoms with Crippen LogP contribution in [-0.2, 0) is 19.1 Å². The summed E-state index contributed by atoms with van der Waals surface area (Å²) in [6.07, 6.45) is 25.6. The first-order chi connectivity index (χ1) is 23.3. The van der Waals surface area contributed by atoms with Gasteiger partial charge < -0.3 is 14.7 Å². The number of unbranched alkanes of at least 4 members (excludes halogenated alkanes) is 17. The lowest BCUT2D eigenvalue weighted by molar-refractivity contribution is -0.170. The van der Waals surface area contributed by atoms with Crippen LogP contribution in [-0.4, -0.2) is 47.0 Å². The van der Waals surface area contributed by atoms with Gasteiger partial charge in [-0.15, -0.1) is 0 Å². The highest BCUT2D eigenvalue weighted by Crippen LogP contribution is 2.46. The van der Waals surface area contributed by atoms with Gasteiger partial charge in [-0.25, -0.2) is 0 Å². The molecule has 296 valence electrons. The summed E-state index contributed by atoms with van der Waals surface area (Å²) in [5.74, 6) is -2.25. The zero-order valence-electron chi connectivity index (χ0n) is 35.4. The van der Waals surface area contributed by atoms with E-state index in [1.807, 2.05) is 53.4 Å². The number of likely N-dealkylation sites (tertiary alicyclic amines) is 1. The van der Waals surface area contributed by atoms with Crippen molar-refractivity contribution in [3.05, 3.63) is 0 Å². The molecule has 6 nitrogen and oxygen atoms in total. The fourth-order valence-corrected chi connectivity index (χ4v) is 7.05. The quantitative estimate of drug-likeness (QED) is 0.0754. The third-order valence-electron chi connectivity index (χ3n) is 11.6. The molecular weight excluding hydrogens is 622 g/mol. The smallest absolute Gasteiger partial charge is 0.310 e. The second-order valence-electron chi connectivity index (χ2n) is 18.5. The number of hydrogen-bond acceptors (Lipinski definition) is 4. The largest absolute Gasteiger partial charge is 0.481 e. The predicted octanol–water partition coefficient (Wildman–Crippen LogP) is 12.7. The second kappa shape index (κ2) is 25.4. The minimum absolute atomic E-state index is 0.135. The summed E-state index contributed by atoms with van der Waals surface area (Å²) in [5.41, 5.74) is -0.795. The van der Waals surface area contributed by atoms with E-state index in [1.165, 1.54) is 103 Å². The SMILES string of the molecule is CC(N1CCCC1=O)C(C)(C)C.CCCCCCCCCCCCCCCCCCCCOC(=O)C(C(C(=O)O)C(C)(C)C(C)C)C(C)(C)C. The monoisotopic (exact) mass is 708 g/mol. The van der Waals surface area contributed by atoms with Gasteiger partial charge in [-0.2, -0.15) is 0 Å². The standard InChI is InChI=1S/C34H66O4.C10H19NO/c1-9-10-11-12-13-14-15-16-17-18-19-20-21-22-23-24-25-26-27-38-32(37)30(33(4,5)6)29(31(35)36)34(7,8)28(2)3;1-8(10(2,3)4)11-7-5-6-9(11)12/h28-30H,9-27H2,1-8H3,(H,35,36);8H,5-7H2,1-4H3. The van der Waals surface area contributed by atoms with Crippen LogP contribution in [0.5, 0.6) is 0 Å². The highest BCUT2D eigenvalue weighted by Gasteiger charge is 2.51. The van der Waals surface area contributed by atoms with Crippen LogP contribution in [0.15, 0.2) is 0 Å². The first kappa shape index (κ1) is 48.4. The van der Waals surface area contributed by atoms with Gasteiger partial charge in [0.25, 0.3) is 0 Å². The third kappa shape index (κ3) is 19.9. The highest BCUT2D eigenvalue weighted by atomic mass is 16.5. The van der Waals surface area contributed by atoms with Crippen molar-refractivity contribution in [3.8, 4) is 0 Å². The fraction of sp³-hybridized carbons (Fsp3) is 0.932. The van der Waals surface area contributed by atoms with Crippen LogP contribution in [0, 0.1) is 34.0 Å². The van der Waals surface area contributed by atoms with E-state index in [0.717, 1.165) is 32.2 Å². The number of ether oxygens (including phenoxy) is 1. The lowest BCUT2D eigenvalue weighted by Crippen LogP contribution is -2.48. The molecule has 1 aliphatic heterocycles. The number of hydrogen-bond donors (Lipinski definition) is 1. The molecular formula is C44H85NO5. The van der Waals surface area contributed by atoms with E-state index in [1.54, 1.807) is 0 Å². The molecule has 1 fully saturated rings. The normalized spacial score (nSPS) is 15.9. The van der Waals surface area contributed by atoms with E-state index in [0.29, 0.717) is 18.6 Å². The summed E-state index contributed by atoms with van der Waals surface area (Å²) in [4.78, 5) is 38.8. The molecule has 1 rings (SSSR count). The number of aliphatic carboxylic acids is 1. The molecule has 0 aromatic rings. The van der Waals surface area contributed by atoms with Crippen LogP contribution in [0.25, 0.3) is 0 Å². The molecule has 1 saturated heterocycles. The number of carboxylic acids is 1. The Bertz CT molecular complexity index is 912. The van der Waals surface area contributed by atoms with E-state index < -0.39 is 28.6 Å². The Morgan fingerprint density at radius 1 is 0.660 bits per heavy atom. The molecule has 0 aromatic heterocycles. The summed E-state index contributed by atoms with van der Waals surface area (Å²) in [6, 6.07) is 0.368. The van der Waals surface area contributed by atoms with Gasteiger partial charge in [0, 0.05) is 19.0 Å². The lowest BCUT2D eigenvalue weighted by atomic mass is 9.60. The predicted molar refractivity (Wildman–Crippen MR) is 212 cm³/mol. The highest BCUT2D eigenvalue weighted by molar-refractivity contribution is 5.82. The van der Waals surface area contributed by atoms with Gasteiger partial charge in [0.05, 0.1) is 18.4 Å². The maximum Gasteiger partial charge on any atom is 0.310 e. The van der Waals surface area contributed by atoms with Gasteiger partial charge in [0.1, 0.15) is 0 Å². The molecule has 1 aliphatic rings. The van der Waals surface area contributed by atoms with Crippen molar-refractivity contribution < 1.29 is 24.2 Å². The molecule has 1 amide bonds. The van der Waals surface area contributed by atoms with Gasteiger partial charge in [0.15, 0.2) is 0 Å². The number of carbonyl (C=O) groups is 3. The van der Waals surface area contributed by atoms with Crippen LogP contribution in [0.1, 0.15) is 212 Å². The van der Waals surface area contributed by atoms with Crippen LogP contribution >= 0.6 is 0 Å². The van der Waals surface area contributed by atoms with Crippen molar-refractivity contribution in [1.29, 1.82) is 0 Å². The molecule has 3 atom stereocenters. The Morgan fingerprint density at radius 3 is 1.36 bits per heavy atom. The molecule has 0 saturated carbocycles. The molecule has 50 heavy (non-hydrogen) atoms. The average Bonchev–Trinajstić information content (AvgIpc) is 3.44. The van der Waals surface area contributed by atoms with Gasteiger partial charge >= 0.3 is 11.9 Å². The van der Waals surface area contributed by atoms with E-state index in [9.17, 15) is 19.5 Å². The fourth-order valence-electron chi connectivity index (χ4n) is 7.05. The molecule has 3 unspecified atom stereocenters. The van der Waals surface area contributed by atoms with Crippen LogP contribution in [0.4, 0.5) is 0 Å². The molecule has 1 N–H and O–H groups in total. The zero-order chi connectivity index (χ0) is 38.4. The number of esters is 1. The van der Waals surface area contributed by atoms with Crippen molar-refractivity contribution in [3.63, 3.8) is 0 Å². The summed E-state index contributed by atoms with van der Waals surface area (Å²) in [5, 5.41) is 10.1. The summed E-state index contributed by atoms with van der Waals surface area (Å²) >= 11 is 0. The molecule has 0 spiro atoms. The van der Waals surface area contributed by atoms with Crippen molar-refractivity contribution in [2.45, 2.75) is 218 Å². The Balaban J connectivity index is 0.00000167. The van der Waals surface area contributed by atoms with Crippen LogP contribution in [0.2, 0.25) is 0 Å². The van der Waals surface area contributed by atoms with E-state index >= 15 is 0 Å². The second-order valence-corrected chi connectivity index (χ2v) is 18.5. The van der Waals surface area contributed by atoms with Crippen molar-refractivity contribution in [1.82, 2.24) is 4.90 Å². The molecule has 0 aromatic carbocycles. The number of carbonyl (C=O) groups excluding carboxylic acids is 2. The summed E-state index contributed by atoms with van der Waals surface area (Å²) < 4.78 is 5.66. The zero-order valence-corrected chi connectivity index (χ0v) is 35.4. The van der Waals surface area contributed by atoms with Gasteiger partial charge in [0.2, 0.25) is 5.91 Å². The van der Waals surface area contributed by atoms with Crippen molar-refractivity contribution in [2.75, 3.05) is 13.2 Å². The van der Waals surface area contributed by atoms with E-state index in [4.69, 9.17) is 4.74 Å². The number of nitrogens with zero attached hydrogens (tertiary/aromatic N) is 1. The Kier molecular flexibility index (Phi) is 24.6. The van der Waals surface area contributed by atoms with Gasteiger partial charge in [-0.1, -0.05) is 185 Å². The molecule has 0 radical (unpaired) electrons. The maximum absolute atomic E-state index is 13.1. The van der Waals surface area contributed by atoms with Crippen LogP contribution in [0.3, 0.4) is 0 Å². The minimum Gasteiger partial charge on any atom is -0.481 e. The number of carboxylic acid groups (broad SMARTS) is 1. The van der Waals surface area contributed by atoms with Gasteiger partial charge in [-0.05, 0) is 41.9 Å². The summed E-state index contributed by atoms with van der Waals surface area (Å²) in [7, 11) is 0. The van der Waals surface area contributed by atoms with Crippen molar-refractivity contribution >= 4 is 17.8 Å². The topological polar surface area (TPSA) is 83.9 Å². The number of rotatable bonds is 25. The van der Waals surface area contributed by atoms with Crippen LogP contribution < -0.4 is 0 Å². The Morgan fingerprint density at radius 2 is 1.06 bits per heavy atom. The third-order valence-corrected chi connectivity index (χ3v) is 11.6. The Hall–Kier alpha value is -1.59. The minimum atomic E-state index is -0.909. The summed E-state index contributed by atoms with van der Waals surface area (Å²) in [6.45, 7) is 26.1. The molecule has 0 bridgehead atoms. The first-order valence-electron chi connectivity index (χ1n) is 21.0. The molecule has 6 heteroatoms. The first-order valence-corrected chi connectivity index (χ1v) is 21.0. The Labute approximate surface area is 311 Å². The average molecular weight is 708 g/mol. The molecule has 0 aliphatic carbocycles.